The molecule has 2 unspecified atom stereocenters. The van der Waals surface area contributed by atoms with E-state index in [0.717, 1.165) is 32.8 Å². The highest BCUT2D eigenvalue weighted by atomic mass is 79.9. The first-order valence-electron chi connectivity index (χ1n) is 9.23. The molecule has 142 valence electrons. The highest BCUT2D eigenvalue weighted by molar-refractivity contribution is 9.10. The summed E-state index contributed by atoms with van der Waals surface area (Å²) in [6, 6.07) is 18.7. The molecule has 1 aliphatic carbocycles. The van der Waals surface area contributed by atoms with E-state index in [1.807, 2.05) is 42.5 Å². The number of carboxylic acid groups (broad SMARTS) is 1. The Morgan fingerprint density at radius 3 is 2.57 bits per heavy atom. The number of aromatic nitrogens is 1. The van der Waals surface area contributed by atoms with Crippen LogP contribution in [0.4, 0.5) is 0 Å². The Morgan fingerprint density at radius 1 is 1.11 bits per heavy atom. The molecule has 4 rings (SSSR count). The van der Waals surface area contributed by atoms with Crippen LogP contribution in [-0.4, -0.2) is 17.6 Å². The monoisotopic (exact) mass is 436 g/mol. The Labute approximate surface area is 172 Å². The molecule has 5 heteroatoms. The normalized spacial score (nSPS) is 17.9. The molecule has 2 aromatic carbocycles. The van der Waals surface area contributed by atoms with Crippen LogP contribution in [-0.2, 0) is 0 Å². The lowest BCUT2D eigenvalue weighted by Gasteiger charge is -2.16. The van der Waals surface area contributed by atoms with Crippen molar-refractivity contribution in [2.75, 3.05) is 6.61 Å². The number of ether oxygens (including phenoxy) is 1. The van der Waals surface area contributed by atoms with Gasteiger partial charge in [0.15, 0.2) is 0 Å². The van der Waals surface area contributed by atoms with Gasteiger partial charge in [0, 0.05) is 15.6 Å². The maximum absolute atomic E-state index is 11.2. The number of halogens is 1. The molecule has 2 atom stereocenters. The molecule has 1 saturated carbocycles. The SMILES string of the molecule is CC1CC1COc1ccc(Br)cc1-c1ccccc1-c1cccc(C(=O)[O-])n1. The summed E-state index contributed by atoms with van der Waals surface area (Å²) < 4.78 is 7.09. The summed E-state index contributed by atoms with van der Waals surface area (Å²) in [5, 5.41) is 11.2. The van der Waals surface area contributed by atoms with Crippen LogP contribution in [0.1, 0.15) is 23.8 Å². The number of rotatable bonds is 6. The molecule has 4 nitrogen and oxygen atoms in total. The fraction of sp³-hybridized carbons (Fsp3) is 0.217. The third-order valence-electron chi connectivity index (χ3n) is 5.12. The number of hydrogen-bond donors (Lipinski definition) is 0. The van der Waals surface area contributed by atoms with Crippen molar-refractivity contribution in [3.05, 3.63) is 70.8 Å². The molecule has 3 aromatic rings. The van der Waals surface area contributed by atoms with Crippen molar-refractivity contribution >= 4 is 21.9 Å². The highest BCUT2D eigenvalue weighted by Crippen LogP contribution is 2.41. The molecule has 0 radical (unpaired) electrons. The Bertz CT molecular complexity index is 1030. The predicted octanol–water partition coefficient (Wildman–Crippen LogP) is 4.58. The largest absolute Gasteiger partial charge is 0.543 e. The van der Waals surface area contributed by atoms with E-state index >= 15 is 0 Å². The van der Waals surface area contributed by atoms with E-state index in [1.54, 1.807) is 12.1 Å². The van der Waals surface area contributed by atoms with Gasteiger partial charge in [0.05, 0.1) is 24.0 Å². The van der Waals surface area contributed by atoms with E-state index in [0.29, 0.717) is 18.2 Å². The van der Waals surface area contributed by atoms with E-state index in [9.17, 15) is 9.90 Å². The molecular weight excluding hydrogens is 418 g/mol. The lowest BCUT2D eigenvalue weighted by molar-refractivity contribution is -0.255. The van der Waals surface area contributed by atoms with Crippen LogP contribution >= 0.6 is 15.9 Å². The Hall–Kier alpha value is -2.66. The predicted molar refractivity (Wildman–Crippen MR) is 110 cm³/mol. The number of aromatic carboxylic acids is 1. The minimum atomic E-state index is -1.29. The zero-order valence-corrected chi connectivity index (χ0v) is 17.0. The molecule has 1 fully saturated rings. The molecule has 0 amide bonds. The molecule has 0 spiro atoms. The van der Waals surface area contributed by atoms with E-state index in [1.165, 1.54) is 12.5 Å². The van der Waals surface area contributed by atoms with Crippen LogP contribution in [0.25, 0.3) is 22.4 Å². The molecule has 0 bridgehead atoms. The fourth-order valence-electron chi connectivity index (χ4n) is 3.31. The highest BCUT2D eigenvalue weighted by Gasteiger charge is 2.33. The van der Waals surface area contributed by atoms with Crippen LogP contribution in [0.3, 0.4) is 0 Å². The average molecular weight is 437 g/mol. The fourth-order valence-corrected chi connectivity index (χ4v) is 3.67. The van der Waals surface area contributed by atoms with Crippen LogP contribution in [0.5, 0.6) is 5.75 Å². The van der Waals surface area contributed by atoms with Crippen molar-refractivity contribution < 1.29 is 14.6 Å². The number of hydrogen-bond acceptors (Lipinski definition) is 4. The summed E-state index contributed by atoms with van der Waals surface area (Å²) in [5.74, 6) is 0.867. The summed E-state index contributed by atoms with van der Waals surface area (Å²) in [4.78, 5) is 15.5. The van der Waals surface area contributed by atoms with Crippen molar-refractivity contribution in [2.45, 2.75) is 13.3 Å². The molecule has 1 aromatic heterocycles. The maximum atomic E-state index is 11.2. The van der Waals surface area contributed by atoms with Gasteiger partial charge < -0.3 is 14.6 Å². The van der Waals surface area contributed by atoms with Gasteiger partial charge in [0.1, 0.15) is 5.75 Å². The number of carboxylic acids is 1. The zero-order chi connectivity index (χ0) is 19.7. The van der Waals surface area contributed by atoms with Crippen molar-refractivity contribution in [1.82, 2.24) is 4.98 Å². The molecule has 0 N–H and O–H groups in total. The first-order valence-corrected chi connectivity index (χ1v) is 10.0. The second-order valence-corrected chi connectivity index (χ2v) is 8.08. The van der Waals surface area contributed by atoms with Gasteiger partial charge in [-0.2, -0.15) is 0 Å². The minimum Gasteiger partial charge on any atom is -0.543 e. The summed E-state index contributed by atoms with van der Waals surface area (Å²) >= 11 is 3.55. The molecule has 0 aliphatic heterocycles. The first-order chi connectivity index (χ1) is 13.5. The first kappa shape index (κ1) is 18.7. The summed E-state index contributed by atoms with van der Waals surface area (Å²) in [6.07, 6.45) is 1.21. The van der Waals surface area contributed by atoms with Crippen LogP contribution in [0.15, 0.2) is 65.1 Å². The van der Waals surface area contributed by atoms with Gasteiger partial charge in [0.25, 0.3) is 0 Å². The van der Waals surface area contributed by atoms with Gasteiger partial charge in [-0.25, -0.2) is 4.98 Å². The van der Waals surface area contributed by atoms with Crippen LogP contribution in [0, 0.1) is 11.8 Å². The average Bonchev–Trinajstić information content (AvgIpc) is 3.42. The molecule has 28 heavy (non-hydrogen) atoms. The minimum absolute atomic E-state index is 0.0826. The third-order valence-corrected chi connectivity index (χ3v) is 5.62. The van der Waals surface area contributed by atoms with Gasteiger partial charge in [-0.15, -0.1) is 0 Å². The Kier molecular flexibility index (Phi) is 5.18. The van der Waals surface area contributed by atoms with Crippen molar-refractivity contribution in [3.63, 3.8) is 0 Å². The Morgan fingerprint density at radius 2 is 1.86 bits per heavy atom. The molecular formula is C23H19BrNO3-. The lowest BCUT2D eigenvalue weighted by Crippen LogP contribution is -2.23. The summed E-state index contributed by atoms with van der Waals surface area (Å²) in [6.45, 7) is 2.94. The third kappa shape index (κ3) is 3.94. The van der Waals surface area contributed by atoms with E-state index in [4.69, 9.17) is 4.74 Å². The van der Waals surface area contributed by atoms with E-state index < -0.39 is 5.97 Å². The quantitative estimate of drug-likeness (QED) is 0.567. The lowest BCUT2D eigenvalue weighted by atomic mass is 9.96. The van der Waals surface area contributed by atoms with E-state index in [2.05, 4.69) is 27.8 Å². The summed E-state index contributed by atoms with van der Waals surface area (Å²) in [7, 11) is 0. The summed E-state index contributed by atoms with van der Waals surface area (Å²) in [5.41, 5.74) is 3.22. The van der Waals surface area contributed by atoms with Crippen LogP contribution in [0.2, 0.25) is 0 Å². The number of pyridine rings is 1. The topological polar surface area (TPSA) is 62.2 Å². The molecule has 1 aliphatic rings. The maximum Gasteiger partial charge on any atom is 0.127 e. The second-order valence-electron chi connectivity index (χ2n) is 7.17. The second kappa shape index (κ2) is 7.76. The number of nitrogens with zero attached hydrogens (tertiary/aromatic N) is 1. The Balaban J connectivity index is 1.77. The molecule has 1 heterocycles. The standard InChI is InChI=1S/C23H20BrNO3/c1-14-11-15(14)13-28-22-10-9-16(24)12-19(22)17-5-2-3-6-18(17)20-7-4-8-21(25-20)23(26)27/h2-10,12,14-15H,11,13H2,1H3,(H,26,27)/p-1. The molecule has 0 saturated heterocycles. The van der Waals surface area contributed by atoms with Gasteiger partial charge in [-0.1, -0.05) is 53.2 Å². The van der Waals surface area contributed by atoms with Crippen LogP contribution < -0.4 is 9.84 Å². The van der Waals surface area contributed by atoms with Gasteiger partial charge in [0.2, 0.25) is 0 Å². The van der Waals surface area contributed by atoms with Crippen molar-refractivity contribution in [2.24, 2.45) is 11.8 Å². The van der Waals surface area contributed by atoms with Gasteiger partial charge >= 0.3 is 0 Å². The zero-order valence-electron chi connectivity index (χ0n) is 15.4. The van der Waals surface area contributed by atoms with Gasteiger partial charge in [-0.05, 0) is 54.2 Å². The van der Waals surface area contributed by atoms with E-state index in [-0.39, 0.29) is 5.69 Å². The number of carbonyl (C=O) groups excluding carboxylic acids is 1. The number of benzene rings is 2. The number of carbonyl (C=O) groups is 1. The van der Waals surface area contributed by atoms with Gasteiger partial charge in [-0.3, -0.25) is 0 Å². The smallest absolute Gasteiger partial charge is 0.127 e. The van der Waals surface area contributed by atoms with Crippen molar-refractivity contribution in [1.29, 1.82) is 0 Å². The van der Waals surface area contributed by atoms with Crippen molar-refractivity contribution in [3.8, 4) is 28.1 Å².